The van der Waals surface area contributed by atoms with Crippen molar-refractivity contribution in [1.82, 2.24) is 15.5 Å². The van der Waals surface area contributed by atoms with Gasteiger partial charge in [-0.25, -0.2) is 0 Å². The number of aromatic nitrogens is 2. The van der Waals surface area contributed by atoms with E-state index in [2.05, 4.69) is 36.2 Å². The summed E-state index contributed by atoms with van der Waals surface area (Å²) in [7, 11) is 0. The Morgan fingerprint density at radius 1 is 1.28 bits per heavy atom. The van der Waals surface area contributed by atoms with Gasteiger partial charge in [-0.2, -0.15) is 4.98 Å². The molecule has 0 spiro atoms. The Morgan fingerprint density at radius 3 is 2.61 bits per heavy atom. The molecule has 0 saturated heterocycles. The number of rotatable bonds is 5. The van der Waals surface area contributed by atoms with E-state index >= 15 is 0 Å². The molecule has 102 valence electrons. The Hall–Kier alpha value is -0.900. The van der Waals surface area contributed by atoms with Gasteiger partial charge < -0.3 is 9.84 Å². The van der Waals surface area contributed by atoms with E-state index in [0.717, 1.165) is 30.1 Å². The van der Waals surface area contributed by atoms with E-state index < -0.39 is 0 Å². The molecule has 1 fully saturated rings. The maximum absolute atomic E-state index is 5.27. The summed E-state index contributed by atoms with van der Waals surface area (Å²) >= 11 is 0. The number of nitrogens with zero attached hydrogens (tertiary/aromatic N) is 2. The van der Waals surface area contributed by atoms with Crippen LogP contribution in [0.3, 0.4) is 0 Å². The summed E-state index contributed by atoms with van der Waals surface area (Å²) in [5, 5.41) is 7.34. The normalized spacial score (nSPS) is 24.7. The average Bonchev–Trinajstić information content (AvgIpc) is 2.85. The van der Waals surface area contributed by atoms with Crippen molar-refractivity contribution in [1.29, 1.82) is 0 Å². The molecule has 0 amide bonds. The van der Waals surface area contributed by atoms with Crippen LogP contribution in [0.25, 0.3) is 0 Å². The molecule has 0 aliphatic heterocycles. The molecular weight excluding hydrogens is 226 g/mol. The molecule has 4 heteroatoms. The van der Waals surface area contributed by atoms with Crippen molar-refractivity contribution in [3.8, 4) is 0 Å². The molecule has 0 bridgehead atoms. The molecule has 1 aromatic heterocycles. The first kappa shape index (κ1) is 13.5. The fourth-order valence-electron chi connectivity index (χ4n) is 2.78. The summed E-state index contributed by atoms with van der Waals surface area (Å²) in [6.45, 7) is 8.34. The first-order chi connectivity index (χ1) is 8.70. The van der Waals surface area contributed by atoms with Gasteiger partial charge in [-0.1, -0.05) is 25.9 Å². The van der Waals surface area contributed by atoms with E-state index in [4.69, 9.17) is 4.52 Å². The van der Waals surface area contributed by atoms with Crippen LogP contribution in [0.4, 0.5) is 0 Å². The van der Waals surface area contributed by atoms with E-state index in [-0.39, 0.29) is 0 Å². The van der Waals surface area contributed by atoms with Gasteiger partial charge in [0, 0.05) is 5.92 Å². The average molecular weight is 251 g/mol. The summed E-state index contributed by atoms with van der Waals surface area (Å²) in [5.74, 6) is 3.84. The Kier molecular flexibility index (Phi) is 4.75. The van der Waals surface area contributed by atoms with Gasteiger partial charge in [-0.3, -0.25) is 0 Å². The van der Waals surface area contributed by atoms with Crippen molar-refractivity contribution in [2.24, 2.45) is 11.8 Å². The summed E-state index contributed by atoms with van der Waals surface area (Å²) < 4.78 is 5.27. The topological polar surface area (TPSA) is 51.0 Å². The smallest absolute Gasteiger partial charge is 0.240 e. The van der Waals surface area contributed by atoms with Crippen molar-refractivity contribution in [3.05, 3.63) is 11.7 Å². The van der Waals surface area contributed by atoms with Crippen molar-refractivity contribution in [2.75, 3.05) is 6.54 Å². The van der Waals surface area contributed by atoms with E-state index in [9.17, 15) is 0 Å². The van der Waals surface area contributed by atoms with Crippen LogP contribution >= 0.6 is 0 Å². The van der Waals surface area contributed by atoms with Gasteiger partial charge in [0.1, 0.15) is 0 Å². The van der Waals surface area contributed by atoms with Gasteiger partial charge in [0.2, 0.25) is 5.89 Å². The molecule has 1 aliphatic rings. The summed E-state index contributed by atoms with van der Waals surface area (Å²) in [5.41, 5.74) is 0. The summed E-state index contributed by atoms with van der Waals surface area (Å²) in [4.78, 5) is 4.50. The van der Waals surface area contributed by atoms with Gasteiger partial charge in [0.15, 0.2) is 5.82 Å². The third-order valence-electron chi connectivity index (χ3n) is 4.09. The van der Waals surface area contributed by atoms with Crippen LogP contribution in [0.5, 0.6) is 0 Å². The summed E-state index contributed by atoms with van der Waals surface area (Å²) in [6.07, 6.45) is 5.03. The maximum Gasteiger partial charge on any atom is 0.240 e. The molecule has 0 aromatic carbocycles. The number of hydrogen-bond acceptors (Lipinski definition) is 4. The first-order valence-electron chi connectivity index (χ1n) is 7.23. The zero-order valence-corrected chi connectivity index (χ0v) is 11.8. The monoisotopic (exact) mass is 251 g/mol. The number of hydrogen-bond donors (Lipinski definition) is 1. The standard InChI is InChI=1S/C14H25N3O/c1-4-15-9-13-16-14(17-18-13)12-7-5-11(6-8-12)10(2)3/h10-12,15H,4-9H2,1-3H3. The Labute approximate surface area is 110 Å². The highest BCUT2D eigenvalue weighted by molar-refractivity contribution is 4.97. The highest BCUT2D eigenvalue weighted by atomic mass is 16.5. The predicted octanol–water partition coefficient (Wildman–Crippen LogP) is 3.11. The minimum Gasteiger partial charge on any atom is -0.338 e. The van der Waals surface area contributed by atoms with Crippen LogP contribution in [-0.2, 0) is 6.54 Å². The SMILES string of the molecule is CCNCc1nc(C2CCC(C(C)C)CC2)no1. The highest BCUT2D eigenvalue weighted by Gasteiger charge is 2.27. The van der Waals surface area contributed by atoms with Gasteiger partial charge in [0.05, 0.1) is 6.54 Å². The lowest BCUT2D eigenvalue weighted by Gasteiger charge is -2.29. The van der Waals surface area contributed by atoms with E-state index in [0.29, 0.717) is 12.5 Å². The Balaban J connectivity index is 1.87. The molecular formula is C14H25N3O. The summed E-state index contributed by atoms with van der Waals surface area (Å²) in [6, 6.07) is 0. The maximum atomic E-state index is 5.27. The predicted molar refractivity (Wildman–Crippen MR) is 71.2 cm³/mol. The van der Waals surface area contributed by atoms with Crippen molar-refractivity contribution < 1.29 is 4.52 Å². The first-order valence-corrected chi connectivity index (χ1v) is 7.23. The minimum atomic E-state index is 0.513. The van der Waals surface area contributed by atoms with E-state index in [1.54, 1.807) is 0 Å². The van der Waals surface area contributed by atoms with E-state index in [1.807, 2.05) is 0 Å². The molecule has 0 unspecified atom stereocenters. The fourth-order valence-corrected chi connectivity index (χ4v) is 2.78. The molecule has 1 aliphatic carbocycles. The molecule has 1 aromatic rings. The van der Waals surface area contributed by atoms with E-state index in [1.165, 1.54) is 25.7 Å². The second-order valence-corrected chi connectivity index (χ2v) is 5.68. The Bertz CT molecular complexity index is 354. The third-order valence-corrected chi connectivity index (χ3v) is 4.09. The van der Waals surface area contributed by atoms with Crippen molar-refractivity contribution in [3.63, 3.8) is 0 Å². The zero-order chi connectivity index (χ0) is 13.0. The van der Waals surface area contributed by atoms with Crippen LogP contribution in [0.15, 0.2) is 4.52 Å². The van der Waals surface area contributed by atoms with Gasteiger partial charge in [0.25, 0.3) is 0 Å². The second kappa shape index (κ2) is 6.32. The third kappa shape index (κ3) is 3.31. The zero-order valence-electron chi connectivity index (χ0n) is 11.8. The molecule has 1 heterocycles. The fraction of sp³-hybridized carbons (Fsp3) is 0.857. The van der Waals surface area contributed by atoms with Gasteiger partial charge in [-0.15, -0.1) is 0 Å². The minimum absolute atomic E-state index is 0.513. The van der Waals surface area contributed by atoms with Crippen molar-refractivity contribution >= 4 is 0 Å². The molecule has 1 saturated carbocycles. The lowest BCUT2D eigenvalue weighted by Crippen LogP contribution is -2.18. The molecule has 1 N–H and O–H groups in total. The largest absolute Gasteiger partial charge is 0.338 e. The molecule has 0 atom stereocenters. The van der Waals surface area contributed by atoms with Crippen LogP contribution < -0.4 is 5.32 Å². The van der Waals surface area contributed by atoms with Gasteiger partial charge >= 0.3 is 0 Å². The quantitative estimate of drug-likeness (QED) is 0.873. The van der Waals surface area contributed by atoms with Crippen LogP contribution in [-0.4, -0.2) is 16.7 Å². The number of nitrogens with one attached hydrogen (secondary N) is 1. The lowest BCUT2D eigenvalue weighted by molar-refractivity contribution is 0.251. The Morgan fingerprint density at radius 2 is 2.00 bits per heavy atom. The van der Waals surface area contributed by atoms with Crippen LogP contribution in [0.1, 0.15) is 64.1 Å². The molecule has 4 nitrogen and oxygen atoms in total. The highest BCUT2D eigenvalue weighted by Crippen LogP contribution is 2.37. The van der Waals surface area contributed by atoms with Crippen LogP contribution in [0, 0.1) is 11.8 Å². The van der Waals surface area contributed by atoms with Crippen LogP contribution in [0.2, 0.25) is 0 Å². The molecule has 18 heavy (non-hydrogen) atoms. The second-order valence-electron chi connectivity index (χ2n) is 5.68. The molecule has 2 rings (SSSR count). The molecule has 0 radical (unpaired) electrons. The lowest BCUT2D eigenvalue weighted by atomic mass is 9.77. The van der Waals surface area contributed by atoms with Gasteiger partial charge in [-0.05, 0) is 44.1 Å². The van der Waals surface area contributed by atoms with Crippen molar-refractivity contribution in [2.45, 2.75) is 58.9 Å².